The van der Waals surface area contributed by atoms with E-state index in [0.717, 1.165) is 0 Å². The van der Waals surface area contributed by atoms with Crippen LogP contribution in [0.4, 0.5) is 0 Å². The lowest BCUT2D eigenvalue weighted by atomic mass is 9.92. The highest BCUT2D eigenvalue weighted by atomic mass is 28.3. The fourth-order valence-electron chi connectivity index (χ4n) is 3.40. The van der Waals surface area contributed by atoms with Crippen molar-refractivity contribution in [2.45, 2.75) is 19.6 Å². The molecule has 0 aromatic heterocycles. The van der Waals surface area contributed by atoms with E-state index in [2.05, 4.69) is 80.8 Å². The zero-order valence-electron chi connectivity index (χ0n) is 13.4. The first-order chi connectivity index (χ1) is 10.5. The molecule has 0 aliphatic carbocycles. The normalized spacial score (nSPS) is 12.5. The summed E-state index contributed by atoms with van der Waals surface area (Å²) in [5, 5.41) is 9.46. The Kier molecular flexibility index (Phi) is 2.73. The average molecular weight is 300 g/mol. The number of benzene rings is 4. The smallest absolute Gasteiger partial charge is 0.0776 e. The highest BCUT2D eigenvalue weighted by Crippen LogP contribution is 2.38. The van der Waals surface area contributed by atoms with Crippen molar-refractivity contribution in [3.05, 3.63) is 66.7 Å². The molecule has 1 heteroatoms. The first-order valence-electron chi connectivity index (χ1n) is 7.83. The Morgan fingerprint density at radius 2 is 1.27 bits per heavy atom. The molecule has 0 nitrogen and oxygen atoms in total. The van der Waals surface area contributed by atoms with Gasteiger partial charge in [0.2, 0.25) is 0 Å². The van der Waals surface area contributed by atoms with Gasteiger partial charge in [0.1, 0.15) is 0 Å². The zero-order valence-corrected chi connectivity index (χ0v) is 14.4. The Morgan fingerprint density at radius 1 is 0.727 bits per heavy atom. The molecule has 22 heavy (non-hydrogen) atoms. The molecule has 0 amide bonds. The summed E-state index contributed by atoms with van der Waals surface area (Å²) in [5.41, 5.74) is 1.34. The second kappa shape index (κ2) is 4.44. The molecular formula is C21H20Si. The average Bonchev–Trinajstić information content (AvgIpc) is 2.51. The van der Waals surface area contributed by atoms with E-state index in [9.17, 15) is 0 Å². The molecule has 0 atom stereocenters. The maximum absolute atomic E-state index is 4.44. The molecule has 4 rings (SSSR count). The van der Waals surface area contributed by atoms with Crippen molar-refractivity contribution in [3.8, 4) is 0 Å². The molecule has 0 N–H and O–H groups in total. The Labute approximate surface area is 132 Å². The second-order valence-electron chi connectivity index (χ2n) is 7.20. The summed E-state index contributed by atoms with van der Waals surface area (Å²) in [6.07, 6.45) is 0. The minimum absolute atomic E-state index is 1.33. The summed E-state index contributed by atoms with van der Waals surface area (Å²) < 4.78 is 0. The van der Waals surface area contributed by atoms with E-state index in [1.165, 1.54) is 43.1 Å². The summed E-state index contributed by atoms with van der Waals surface area (Å²) >= 11 is 0. The van der Waals surface area contributed by atoms with Gasteiger partial charge >= 0.3 is 0 Å². The van der Waals surface area contributed by atoms with Gasteiger partial charge in [0.25, 0.3) is 0 Å². The van der Waals surface area contributed by atoms with Crippen molar-refractivity contribution >= 4 is 45.6 Å². The first-order valence-corrected chi connectivity index (χ1v) is 11.3. The van der Waals surface area contributed by atoms with Crippen molar-refractivity contribution in [2.24, 2.45) is 0 Å². The van der Waals surface area contributed by atoms with E-state index >= 15 is 0 Å². The predicted molar refractivity (Wildman–Crippen MR) is 103 cm³/mol. The quantitative estimate of drug-likeness (QED) is 0.294. The molecular weight excluding hydrogens is 280 g/mol. The van der Waals surface area contributed by atoms with Crippen LogP contribution in [0.15, 0.2) is 61.2 Å². The minimum atomic E-state index is -1.41. The molecule has 0 radical (unpaired) electrons. The maximum Gasteiger partial charge on any atom is 0.0776 e. The molecule has 0 heterocycles. The van der Waals surface area contributed by atoms with Crippen LogP contribution < -0.4 is 0 Å². The fraction of sp³-hybridized carbons (Fsp3) is 0.143. The summed E-state index contributed by atoms with van der Waals surface area (Å²) in [5.74, 6) is 0. The molecule has 0 aliphatic rings. The van der Waals surface area contributed by atoms with Gasteiger partial charge < -0.3 is 0 Å². The molecule has 4 aromatic rings. The van der Waals surface area contributed by atoms with Crippen LogP contribution in [0.25, 0.3) is 37.5 Å². The molecule has 0 unspecified atom stereocenters. The largest absolute Gasteiger partial charge is 0.0992 e. The summed E-state index contributed by atoms with van der Waals surface area (Å²) in [7, 11) is -1.41. The summed E-state index contributed by atoms with van der Waals surface area (Å²) in [4.78, 5) is 0. The van der Waals surface area contributed by atoms with Crippen LogP contribution in [0.3, 0.4) is 0 Å². The zero-order chi connectivity index (χ0) is 15.5. The molecule has 0 saturated heterocycles. The number of hydrogen-bond acceptors (Lipinski definition) is 0. The van der Waals surface area contributed by atoms with E-state index < -0.39 is 8.07 Å². The van der Waals surface area contributed by atoms with Crippen molar-refractivity contribution < 1.29 is 0 Å². The predicted octanol–water partition coefficient (Wildman–Crippen LogP) is 6.47. The van der Waals surface area contributed by atoms with Crippen LogP contribution in [0, 0.1) is 0 Å². The summed E-state index contributed by atoms with van der Waals surface area (Å²) in [6.45, 7) is 11.5. The molecule has 0 spiro atoms. The molecule has 4 aromatic carbocycles. The number of rotatable bonds is 2. The van der Waals surface area contributed by atoms with Crippen LogP contribution in [0.5, 0.6) is 0 Å². The van der Waals surface area contributed by atoms with Gasteiger partial charge in [-0.15, -0.1) is 0 Å². The van der Waals surface area contributed by atoms with Crippen LogP contribution in [0.1, 0.15) is 5.56 Å². The van der Waals surface area contributed by atoms with E-state index in [0.29, 0.717) is 0 Å². The van der Waals surface area contributed by atoms with Gasteiger partial charge in [-0.2, -0.15) is 0 Å². The first kappa shape index (κ1) is 13.5. The van der Waals surface area contributed by atoms with Gasteiger partial charge in [-0.05, 0) is 37.9 Å². The minimum Gasteiger partial charge on any atom is -0.0992 e. The van der Waals surface area contributed by atoms with E-state index in [1.54, 1.807) is 0 Å². The van der Waals surface area contributed by atoms with Crippen LogP contribution in [-0.2, 0) is 0 Å². The maximum atomic E-state index is 4.44. The van der Waals surface area contributed by atoms with Gasteiger partial charge in [0.15, 0.2) is 0 Å². The van der Waals surface area contributed by atoms with E-state index in [1.807, 2.05) is 0 Å². The third-order valence-corrected chi connectivity index (χ3v) is 6.84. The monoisotopic (exact) mass is 300 g/mol. The topological polar surface area (TPSA) is 0 Å². The lowest BCUT2D eigenvalue weighted by Gasteiger charge is -2.22. The van der Waals surface area contributed by atoms with Gasteiger partial charge in [-0.25, -0.2) is 0 Å². The van der Waals surface area contributed by atoms with Crippen molar-refractivity contribution in [1.29, 1.82) is 0 Å². The number of hydrogen-bond donors (Lipinski definition) is 0. The molecule has 0 fully saturated rings. The molecule has 0 bridgehead atoms. The van der Waals surface area contributed by atoms with E-state index in [4.69, 9.17) is 0 Å². The Hall–Kier alpha value is -2.12. The lowest BCUT2D eigenvalue weighted by molar-refractivity contribution is 1.69. The lowest BCUT2D eigenvalue weighted by Crippen LogP contribution is -2.22. The third kappa shape index (κ3) is 1.82. The van der Waals surface area contributed by atoms with E-state index in [-0.39, 0.29) is 0 Å². The van der Waals surface area contributed by atoms with Crippen LogP contribution in [-0.4, -0.2) is 8.07 Å². The van der Waals surface area contributed by atoms with Crippen molar-refractivity contribution in [1.82, 2.24) is 0 Å². The van der Waals surface area contributed by atoms with Crippen molar-refractivity contribution in [2.75, 3.05) is 0 Å². The van der Waals surface area contributed by atoms with Crippen LogP contribution >= 0.6 is 0 Å². The van der Waals surface area contributed by atoms with Gasteiger partial charge in [0.05, 0.1) is 8.07 Å². The molecule has 0 saturated carbocycles. The SMILES string of the molecule is C=C(c1ccc2ccc3cccc4ccc1c2c34)[Si](C)(C)C. The second-order valence-corrected chi connectivity index (χ2v) is 12.3. The Balaban J connectivity index is 2.20. The molecule has 0 aliphatic heterocycles. The highest BCUT2D eigenvalue weighted by Gasteiger charge is 2.21. The van der Waals surface area contributed by atoms with Crippen molar-refractivity contribution in [3.63, 3.8) is 0 Å². The highest BCUT2D eigenvalue weighted by molar-refractivity contribution is 6.93. The van der Waals surface area contributed by atoms with Crippen LogP contribution in [0.2, 0.25) is 19.6 Å². The standard InChI is InChI=1S/C21H20Si/c1-14(22(2,3)4)18-12-10-17-9-8-15-6-5-7-16-11-13-19(18)21(17)20(15)16/h5-13H,1H2,2-4H3. The molecule has 108 valence electrons. The third-order valence-electron chi connectivity index (χ3n) is 4.76. The van der Waals surface area contributed by atoms with Gasteiger partial charge in [0, 0.05) is 0 Å². The summed E-state index contributed by atoms with van der Waals surface area (Å²) in [6, 6.07) is 20.1. The van der Waals surface area contributed by atoms with Gasteiger partial charge in [-0.3, -0.25) is 0 Å². The Morgan fingerprint density at radius 3 is 1.91 bits per heavy atom. The fourth-order valence-corrected chi connectivity index (χ4v) is 4.43. The van der Waals surface area contributed by atoms with Gasteiger partial charge in [-0.1, -0.05) is 86.0 Å². The Bertz CT molecular complexity index is 1000.